The molecule has 0 amide bonds. The summed E-state index contributed by atoms with van der Waals surface area (Å²) in [4.78, 5) is 1.13. The summed E-state index contributed by atoms with van der Waals surface area (Å²) >= 11 is 1.71. The maximum atomic E-state index is 13.6. The highest BCUT2D eigenvalue weighted by Crippen LogP contribution is 2.24. The molecule has 0 aliphatic carbocycles. The molecule has 1 N–H and O–H groups in total. The van der Waals surface area contributed by atoms with Crippen LogP contribution in [-0.4, -0.2) is 10.9 Å². The minimum Gasteiger partial charge on any atom is -0.388 e. The van der Waals surface area contributed by atoms with Crippen LogP contribution in [0.15, 0.2) is 47.4 Å². The lowest BCUT2D eigenvalue weighted by Crippen LogP contribution is -2.04. The highest BCUT2D eigenvalue weighted by Gasteiger charge is 2.14. The van der Waals surface area contributed by atoms with Crippen molar-refractivity contribution in [1.82, 2.24) is 0 Å². The third-order valence-corrected chi connectivity index (χ3v) is 3.91. The molecule has 0 heterocycles. The molecule has 2 aromatic carbocycles. The molecular weight excluding hydrogens is 278 g/mol. The minimum absolute atomic E-state index is 0.0594. The van der Waals surface area contributed by atoms with Crippen molar-refractivity contribution in [2.75, 3.05) is 5.75 Å². The number of thioether (sulfide) groups is 1. The molecule has 0 fully saturated rings. The monoisotopic (exact) mass is 294 g/mol. The first kappa shape index (κ1) is 15.0. The zero-order chi connectivity index (χ0) is 14.5. The van der Waals surface area contributed by atoms with Crippen LogP contribution in [0.2, 0.25) is 0 Å². The van der Waals surface area contributed by atoms with Gasteiger partial charge in [0.25, 0.3) is 0 Å². The number of benzene rings is 2. The number of hydrogen-bond acceptors (Lipinski definition) is 2. The highest BCUT2D eigenvalue weighted by atomic mass is 32.2. The van der Waals surface area contributed by atoms with Gasteiger partial charge in [-0.15, -0.1) is 11.8 Å². The number of aliphatic hydroxyl groups is 1. The van der Waals surface area contributed by atoms with Crippen molar-refractivity contribution in [2.45, 2.75) is 24.3 Å². The van der Waals surface area contributed by atoms with Crippen molar-refractivity contribution in [3.8, 4) is 0 Å². The number of aliphatic hydroxyl groups excluding tert-OH is 1. The van der Waals surface area contributed by atoms with Crippen molar-refractivity contribution >= 4 is 11.8 Å². The van der Waals surface area contributed by atoms with E-state index in [0.717, 1.165) is 16.7 Å². The third kappa shape index (κ3) is 3.58. The fraction of sp³-hybridized carbons (Fsp3) is 0.250. The standard InChI is InChI=1S/C16H16F2OS/c1-2-20-13-8-6-11(7-9-13)15(19)10-12-4-3-5-14(17)16(12)18/h3-9,15,19H,2,10H2,1H3. The van der Waals surface area contributed by atoms with Gasteiger partial charge in [0, 0.05) is 11.3 Å². The molecule has 106 valence electrons. The molecule has 0 radical (unpaired) electrons. The summed E-state index contributed by atoms with van der Waals surface area (Å²) in [6.07, 6.45) is -0.781. The smallest absolute Gasteiger partial charge is 0.162 e. The van der Waals surface area contributed by atoms with E-state index in [0.29, 0.717) is 5.56 Å². The van der Waals surface area contributed by atoms with E-state index in [1.165, 1.54) is 12.1 Å². The largest absolute Gasteiger partial charge is 0.388 e. The summed E-state index contributed by atoms with van der Waals surface area (Å²) in [6.45, 7) is 2.07. The van der Waals surface area contributed by atoms with E-state index in [-0.39, 0.29) is 12.0 Å². The topological polar surface area (TPSA) is 20.2 Å². The van der Waals surface area contributed by atoms with Gasteiger partial charge in [-0.05, 0) is 35.1 Å². The van der Waals surface area contributed by atoms with Gasteiger partial charge >= 0.3 is 0 Å². The minimum atomic E-state index is -0.885. The SMILES string of the molecule is CCSc1ccc(C(O)Cc2cccc(F)c2F)cc1. The second-order valence-electron chi connectivity index (χ2n) is 4.43. The van der Waals surface area contributed by atoms with Crippen molar-refractivity contribution < 1.29 is 13.9 Å². The molecule has 0 saturated heterocycles. The van der Waals surface area contributed by atoms with Gasteiger partial charge in [-0.25, -0.2) is 8.78 Å². The molecule has 2 rings (SSSR count). The normalized spacial score (nSPS) is 12.4. The fourth-order valence-corrected chi connectivity index (χ4v) is 2.65. The van der Waals surface area contributed by atoms with Gasteiger partial charge in [0.2, 0.25) is 0 Å². The maximum absolute atomic E-state index is 13.6. The van der Waals surface area contributed by atoms with Crippen LogP contribution in [0.3, 0.4) is 0 Å². The molecule has 0 aromatic heterocycles. The predicted molar refractivity (Wildman–Crippen MR) is 77.9 cm³/mol. The summed E-state index contributed by atoms with van der Waals surface area (Å²) in [6, 6.07) is 11.5. The Labute approximate surface area is 121 Å². The van der Waals surface area contributed by atoms with E-state index in [4.69, 9.17) is 0 Å². The number of halogens is 2. The summed E-state index contributed by atoms with van der Waals surface area (Å²) in [5.41, 5.74) is 0.888. The van der Waals surface area contributed by atoms with Crippen molar-refractivity contribution in [2.24, 2.45) is 0 Å². The average molecular weight is 294 g/mol. The molecule has 1 atom stereocenters. The summed E-state index contributed by atoms with van der Waals surface area (Å²) < 4.78 is 26.7. The van der Waals surface area contributed by atoms with E-state index in [2.05, 4.69) is 6.92 Å². The van der Waals surface area contributed by atoms with Crippen LogP contribution < -0.4 is 0 Å². The van der Waals surface area contributed by atoms with Crippen molar-refractivity contribution in [3.63, 3.8) is 0 Å². The Hall–Kier alpha value is -1.39. The Morgan fingerprint density at radius 2 is 1.80 bits per heavy atom. The van der Waals surface area contributed by atoms with Gasteiger partial charge in [-0.1, -0.05) is 31.2 Å². The average Bonchev–Trinajstić information content (AvgIpc) is 2.45. The quantitative estimate of drug-likeness (QED) is 0.827. The van der Waals surface area contributed by atoms with Crippen LogP contribution >= 0.6 is 11.8 Å². The third-order valence-electron chi connectivity index (χ3n) is 3.02. The van der Waals surface area contributed by atoms with Crippen LogP contribution in [0, 0.1) is 11.6 Å². The van der Waals surface area contributed by atoms with Gasteiger partial charge in [0.1, 0.15) is 0 Å². The molecule has 4 heteroatoms. The summed E-state index contributed by atoms with van der Waals surface area (Å²) in [5.74, 6) is -0.787. The van der Waals surface area contributed by atoms with Crippen LogP contribution in [0.1, 0.15) is 24.2 Å². The van der Waals surface area contributed by atoms with E-state index in [1.807, 2.05) is 24.3 Å². The van der Waals surface area contributed by atoms with Crippen LogP contribution in [-0.2, 0) is 6.42 Å². The number of rotatable bonds is 5. The van der Waals surface area contributed by atoms with E-state index in [9.17, 15) is 13.9 Å². The summed E-state index contributed by atoms with van der Waals surface area (Å²) in [5, 5.41) is 10.1. The van der Waals surface area contributed by atoms with Crippen LogP contribution in [0.25, 0.3) is 0 Å². The molecule has 0 bridgehead atoms. The lowest BCUT2D eigenvalue weighted by molar-refractivity contribution is 0.176. The van der Waals surface area contributed by atoms with Crippen LogP contribution in [0.4, 0.5) is 8.78 Å². The lowest BCUT2D eigenvalue weighted by Gasteiger charge is -2.12. The summed E-state index contributed by atoms with van der Waals surface area (Å²) in [7, 11) is 0. The Balaban J connectivity index is 2.11. The molecule has 0 saturated carbocycles. The Bertz CT molecular complexity index is 569. The zero-order valence-corrected chi connectivity index (χ0v) is 12.0. The lowest BCUT2D eigenvalue weighted by atomic mass is 10.0. The zero-order valence-electron chi connectivity index (χ0n) is 11.1. The molecule has 1 nitrogen and oxygen atoms in total. The molecule has 0 aliphatic heterocycles. The molecule has 0 aliphatic rings. The number of hydrogen-bond donors (Lipinski definition) is 1. The molecule has 2 aromatic rings. The Kier molecular flexibility index (Phi) is 5.15. The van der Waals surface area contributed by atoms with Crippen LogP contribution in [0.5, 0.6) is 0 Å². The van der Waals surface area contributed by atoms with E-state index >= 15 is 0 Å². The second-order valence-corrected chi connectivity index (χ2v) is 5.77. The molecule has 20 heavy (non-hydrogen) atoms. The van der Waals surface area contributed by atoms with Crippen molar-refractivity contribution in [1.29, 1.82) is 0 Å². The second kappa shape index (κ2) is 6.86. The highest BCUT2D eigenvalue weighted by molar-refractivity contribution is 7.99. The molecular formula is C16H16F2OS. The van der Waals surface area contributed by atoms with Crippen molar-refractivity contribution in [3.05, 3.63) is 65.2 Å². The first-order chi connectivity index (χ1) is 9.61. The first-order valence-corrected chi connectivity index (χ1v) is 7.44. The van der Waals surface area contributed by atoms with Gasteiger partial charge in [0.15, 0.2) is 11.6 Å². The molecule has 0 spiro atoms. The van der Waals surface area contributed by atoms with Gasteiger partial charge in [-0.2, -0.15) is 0 Å². The first-order valence-electron chi connectivity index (χ1n) is 6.45. The van der Waals surface area contributed by atoms with E-state index in [1.54, 1.807) is 11.8 Å². The Morgan fingerprint density at radius 3 is 2.45 bits per heavy atom. The Morgan fingerprint density at radius 1 is 1.10 bits per heavy atom. The maximum Gasteiger partial charge on any atom is 0.162 e. The van der Waals surface area contributed by atoms with Gasteiger partial charge < -0.3 is 5.11 Å². The van der Waals surface area contributed by atoms with Gasteiger partial charge in [-0.3, -0.25) is 0 Å². The van der Waals surface area contributed by atoms with Gasteiger partial charge in [0.05, 0.1) is 6.10 Å². The van der Waals surface area contributed by atoms with E-state index < -0.39 is 17.7 Å². The predicted octanol–water partition coefficient (Wildman–Crippen LogP) is 4.35. The fourth-order valence-electron chi connectivity index (χ4n) is 1.99. The molecule has 1 unspecified atom stereocenters.